The normalized spacial score (nSPS) is 15.4. The number of rotatable bonds is 9. The molecule has 212 valence electrons. The van der Waals surface area contributed by atoms with Crippen molar-refractivity contribution in [3.8, 4) is 16.5 Å². The molecule has 0 saturated carbocycles. The first-order chi connectivity index (χ1) is 19.1. The Morgan fingerprint density at radius 2 is 1.98 bits per heavy atom. The number of aromatic nitrogens is 2. The van der Waals surface area contributed by atoms with Crippen LogP contribution in [0.2, 0.25) is 0 Å². The highest BCUT2D eigenvalue weighted by atomic mass is 32.1. The van der Waals surface area contributed by atoms with Gasteiger partial charge >= 0.3 is 5.97 Å². The van der Waals surface area contributed by atoms with Gasteiger partial charge in [0.2, 0.25) is 5.89 Å². The van der Waals surface area contributed by atoms with Crippen LogP contribution in [0.25, 0.3) is 15.6 Å². The van der Waals surface area contributed by atoms with E-state index >= 15 is 0 Å². The van der Waals surface area contributed by atoms with Crippen LogP contribution in [-0.2, 0) is 26.1 Å². The molecule has 0 spiro atoms. The highest BCUT2D eigenvalue weighted by molar-refractivity contribution is 7.21. The van der Waals surface area contributed by atoms with Crippen LogP contribution in [0.5, 0.6) is 5.75 Å². The van der Waals surface area contributed by atoms with Crippen LogP contribution in [0.1, 0.15) is 60.7 Å². The van der Waals surface area contributed by atoms with Crippen molar-refractivity contribution < 1.29 is 28.5 Å². The van der Waals surface area contributed by atoms with Gasteiger partial charge in [-0.1, -0.05) is 18.2 Å². The molecule has 0 amide bonds. The van der Waals surface area contributed by atoms with Crippen molar-refractivity contribution in [1.29, 1.82) is 0 Å². The van der Waals surface area contributed by atoms with E-state index in [1.807, 2.05) is 38.1 Å². The molecule has 0 radical (unpaired) electrons. The summed E-state index contributed by atoms with van der Waals surface area (Å²) in [4.78, 5) is 32.2. The Labute approximate surface area is 236 Å². The van der Waals surface area contributed by atoms with Crippen LogP contribution in [-0.4, -0.2) is 46.9 Å². The van der Waals surface area contributed by atoms with Crippen LogP contribution in [0.15, 0.2) is 45.9 Å². The van der Waals surface area contributed by atoms with E-state index in [0.29, 0.717) is 52.2 Å². The number of para-hydroxylation sites is 1. The van der Waals surface area contributed by atoms with Gasteiger partial charge in [-0.25, -0.2) is 4.98 Å². The van der Waals surface area contributed by atoms with E-state index in [1.165, 1.54) is 17.6 Å². The minimum absolute atomic E-state index is 0.00576. The Bertz CT molecular complexity index is 1580. The lowest BCUT2D eigenvalue weighted by Gasteiger charge is -2.30. The predicted molar refractivity (Wildman–Crippen MR) is 152 cm³/mol. The number of fused-ring (bicyclic) bond motifs is 1. The Morgan fingerprint density at radius 3 is 2.62 bits per heavy atom. The summed E-state index contributed by atoms with van der Waals surface area (Å²) >= 11 is 1.41. The second kappa shape index (κ2) is 11.2. The van der Waals surface area contributed by atoms with E-state index in [1.54, 1.807) is 31.6 Å². The number of aryl methyl sites for hydroxylation is 1. The standard InChI is InChI=1S/C30H34N2O7S/c1-17-21(16-23(39-19-10-13-37-14-11-19)20-8-6-7-9-22(20)36-5)28-32(27(33)24(17)30(3,4)29(34)35)18(2)25(40-28)26-31-12-15-38-26/h6-9,12,15,19,23H,10-11,13-14,16H2,1-5H3,(H,34,35)/t23-/m0/s1. The zero-order valence-electron chi connectivity index (χ0n) is 23.4. The lowest BCUT2D eigenvalue weighted by atomic mass is 9.81. The third-order valence-corrected chi connectivity index (χ3v) is 9.05. The van der Waals surface area contributed by atoms with Gasteiger partial charge < -0.3 is 23.7 Å². The molecule has 1 atom stereocenters. The molecule has 0 unspecified atom stereocenters. The monoisotopic (exact) mass is 566 g/mol. The molecule has 0 aliphatic carbocycles. The van der Waals surface area contributed by atoms with Gasteiger partial charge in [0.25, 0.3) is 5.56 Å². The number of hydrogen-bond donors (Lipinski definition) is 1. The summed E-state index contributed by atoms with van der Waals surface area (Å²) in [5.74, 6) is 0.0441. The van der Waals surface area contributed by atoms with Crippen molar-refractivity contribution in [2.45, 2.75) is 64.6 Å². The molecule has 3 aromatic heterocycles. The van der Waals surface area contributed by atoms with E-state index in [0.717, 1.165) is 24.0 Å². The van der Waals surface area contributed by atoms with Gasteiger partial charge in [0.15, 0.2) is 0 Å². The fourth-order valence-corrected chi connectivity index (χ4v) is 6.80. The molecule has 40 heavy (non-hydrogen) atoms. The van der Waals surface area contributed by atoms with Gasteiger partial charge in [-0.05, 0) is 57.7 Å². The molecule has 1 N–H and O–H groups in total. The molecule has 1 aliphatic heterocycles. The van der Waals surface area contributed by atoms with Gasteiger partial charge in [-0.15, -0.1) is 11.3 Å². The molecule has 0 bridgehead atoms. The largest absolute Gasteiger partial charge is 0.496 e. The molecule has 1 aromatic carbocycles. The molecule has 9 nitrogen and oxygen atoms in total. The maximum atomic E-state index is 14.0. The summed E-state index contributed by atoms with van der Waals surface area (Å²) in [6.45, 7) is 8.08. The first-order valence-electron chi connectivity index (χ1n) is 13.3. The van der Waals surface area contributed by atoms with Gasteiger partial charge in [0.1, 0.15) is 21.7 Å². The fourth-order valence-electron chi connectivity index (χ4n) is 5.51. The fraction of sp³-hybridized carbons (Fsp3) is 0.433. The lowest BCUT2D eigenvalue weighted by Crippen LogP contribution is -2.38. The van der Waals surface area contributed by atoms with Crippen molar-refractivity contribution in [1.82, 2.24) is 9.38 Å². The molecule has 5 rings (SSSR count). The number of carbonyl (C=O) groups is 1. The van der Waals surface area contributed by atoms with E-state index in [4.69, 9.17) is 18.6 Å². The van der Waals surface area contributed by atoms with Crippen LogP contribution in [0, 0.1) is 13.8 Å². The topological polar surface area (TPSA) is 113 Å². The number of carboxylic acid groups (broad SMARTS) is 1. The average Bonchev–Trinajstić information content (AvgIpc) is 3.59. The average molecular weight is 567 g/mol. The zero-order chi connectivity index (χ0) is 28.6. The summed E-state index contributed by atoms with van der Waals surface area (Å²) in [5.41, 5.74) is 1.50. The summed E-state index contributed by atoms with van der Waals surface area (Å²) < 4.78 is 25.2. The Morgan fingerprint density at radius 1 is 1.25 bits per heavy atom. The number of oxazole rings is 1. The number of thiazole rings is 1. The SMILES string of the molecule is COc1ccccc1[C@H](Cc1c(C)c(C(C)(C)C(=O)O)c(=O)n2c(C)c(-c3ncco3)sc12)OC1CCOCC1. The van der Waals surface area contributed by atoms with Crippen LogP contribution >= 0.6 is 11.3 Å². The van der Waals surface area contributed by atoms with Crippen molar-refractivity contribution >= 4 is 22.1 Å². The molecular formula is C30H34N2O7S. The molecule has 4 heterocycles. The highest BCUT2D eigenvalue weighted by Crippen LogP contribution is 2.40. The van der Waals surface area contributed by atoms with Crippen LogP contribution in [0.4, 0.5) is 0 Å². The van der Waals surface area contributed by atoms with Crippen molar-refractivity contribution in [2.24, 2.45) is 0 Å². The summed E-state index contributed by atoms with van der Waals surface area (Å²) in [7, 11) is 1.63. The van der Waals surface area contributed by atoms with Gasteiger partial charge in [-0.2, -0.15) is 0 Å². The maximum Gasteiger partial charge on any atom is 0.313 e. The molecule has 10 heteroatoms. The number of methoxy groups -OCH3 is 1. The summed E-state index contributed by atoms with van der Waals surface area (Å²) in [6, 6.07) is 7.76. The van der Waals surface area contributed by atoms with Crippen molar-refractivity contribution in [3.05, 3.63) is 75.0 Å². The number of hydrogen-bond acceptors (Lipinski definition) is 8. The molecule has 4 aromatic rings. The number of nitrogens with zero attached hydrogens (tertiary/aromatic N) is 2. The van der Waals surface area contributed by atoms with E-state index in [2.05, 4.69) is 4.98 Å². The number of benzene rings is 1. The second-order valence-corrected chi connectivity index (χ2v) is 11.6. The highest BCUT2D eigenvalue weighted by Gasteiger charge is 2.37. The van der Waals surface area contributed by atoms with E-state index in [9.17, 15) is 14.7 Å². The first kappa shape index (κ1) is 28.1. The molecule has 1 fully saturated rings. The van der Waals surface area contributed by atoms with Crippen LogP contribution in [0.3, 0.4) is 0 Å². The molecular weight excluding hydrogens is 532 g/mol. The summed E-state index contributed by atoms with van der Waals surface area (Å²) in [6.07, 6.45) is 4.59. The van der Waals surface area contributed by atoms with Crippen molar-refractivity contribution in [2.75, 3.05) is 20.3 Å². The molecule has 1 aliphatic rings. The Kier molecular flexibility index (Phi) is 7.85. The second-order valence-electron chi connectivity index (χ2n) is 10.6. The molecule has 1 saturated heterocycles. The van der Waals surface area contributed by atoms with E-state index < -0.39 is 17.5 Å². The number of pyridine rings is 1. The maximum absolute atomic E-state index is 14.0. The quantitative estimate of drug-likeness (QED) is 0.283. The van der Waals surface area contributed by atoms with E-state index in [-0.39, 0.29) is 17.2 Å². The minimum atomic E-state index is -1.42. The third-order valence-electron chi connectivity index (χ3n) is 7.76. The third kappa shape index (κ3) is 4.95. The number of carboxylic acids is 1. The first-order valence-corrected chi connectivity index (χ1v) is 14.1. The lowest BCUT2D eigenvalue weighted by molar-refractivity contribution is -0.142. The number of aliphatic carboxylic acids is 1. The summed E-state index contributed by atoms with van der Waals surface area (Å²) in [5, 5.41) is 10.2. The number of ether oxygens (including phenoxy) is 3. The van der Waals surface area contributed by atoms with Crippen molar-refractivity contribution in [3.63, 3.8) is 0 Å². The smallest absolute Gasteiger partial charge is 0.313 e. The van der Waals surface area contributed by atoms with Gasteiger partial charge in [-0.3, -0.25) is 14.0 Å². The van der Waals surface area contributed by atoms with Gasteiger partial charge in [0.05, 0.1) is 30.9 Å². The Hall–Kier alpha value is -3.47. The zero-order valence-corrected chi connectivity index (χ0v) is 24.2. The van der Waals surface area contributed by atoms with Gasteiger partial charge in [0, 0.05) is 36.5 Å². The van der Waals surface area contributed by atoms with Crippen LogP contribution < -0.4 is 10.3 Å². The predicted octanol–water partition coefficient (Wildman–Crippen LogP) is 5.48. The minimum Gasteiger partial charge on any atom is -0.496 e. The Balaban J connectivity index is 1.75.